The first-order valence-corrected chi connectivity index (χ1v) is 23.1. The maximum atomic E-state index is 14.6. The van der Waals surface area contributed by atoms with Crippen molar-refractivity contribution in [2.24, 2.45) is 46.3 Å². The SMILES string of the molecule is C[C@@H]1CC[C@@]2(OC1)O[C@H]1C[C@H]3[C@@H]4CC(=O)[C@H]5C[C@@H](O[C@@H]6O[C@H](CO)[C@@H](O)[C@H](O[C@@H]7OC[C@H](O)[C@H](O)[C@H]7O)[C@H]6O[C@@H]6O[C@@H](C)[C@H](O)[C@@H](O)[C@H]6O)CC[C@]5(C)[C@H]4CC[C@]3(C)[C@@]1(O)[C@@H]2C. The Bertz CT molecular complexity index is 1630. The highest BCUT2D eigenvalue weighted by Crippen LogP contribution is 2.72. The maximum Gasteiger partial charge on any atom is 0.187 e. The molecule has 26 atom stereocenters. The topological polar surface area (TPSA) is 273 Å². The zero-order valence-electron chi connectivity index (χ0n) is 36.4. The van der Waals surface area contributed by atoms with E-state index in [1.165, 1.54) is 6.92 Å². The Morgan fingerprint density at radius 1 is 0.726 bits per heavy atom. The average molecular weight is 887 g/mol. The van der Waals surface area contributed by atoms with Gasteiger partial charge in [0, 0.05) is 30.1 Å². The summed E-state index contributed by atoms with van der Waals surface area (Å²) in [6, 6.07) is 0. The lowest BCUT2D eigenvalue weighted by molar-refractivity contribution is -0.390. The molecule has 4 aliphatic carbocycles. The third-order valence-electron chi connectivity index (χ3n) is 17.9. The fraction of sp³-hybridized carbons (Fsp3) is 0.977. The molecule has 9 fully saturated rings. The summed E-state index contributed by atoms with van der Waals surface area (Å²) in [5.41, 5.74) is -1.88. The van der Waals surface area contributed by atoms with Gasteiger partial charge in [-0.25, -0.2) is 0 Å². The second-order valence-corrected chi connectivity index (χ2v) is 21.1. The lowest BCUT2D eigenvalue weighted by atomic mass is 9.43. The van der Waals surface area contributed by atoms with Crippen LogP contribution in [0.3, 0.4) is 0 Å². The van der Waals surface area contributed by atoms with E-state index in [0.717, 1.165) is 25.7 Å². The molecule has 9 rings (SSSR count). The molecule has 0 aromatic rings. The summed E-state index contributed by atoms with van der Waals surface area (Å²) in [6.45, 7) is 9.66. The molecule has 0 amide bonds. The second-order valence-electron chi connectivity index (χ2n) is 21.1. The summed E-state index contributed by atoms with van der Waals surface area (Å²) in [7, 11) is 0. The van der Waals surface area contributed by atoms with Gasteiger partial charge in [-0.15, -0.1) is 0 Å². The first kappa shape index (κ1) is 46.1. The molecule has 9 aliphatic rings. The van der Waals surface area contributed by atoms with E-state index in [1.807, 2.05) is 0 Å². The van der Waals surface area contributed by atoms with Crippen LogP contribution in [0.4, 0.5) is 0 Å². The summed E-state index contributed by atoms with van der Waals surface area (Å²) in [6.07, 6.45) is -16.4. The third-order valence-corrected chi connectivity index (χ3v) is 17.9. The molecular weight excluding hydrogens is 816 g/mol. The number of rotatable bonds is 7. The van der Waals surface area contributed by atoms with Gasteiger partial charge in [-0.3, -0.25) is 4.79 Å². The molecule has 0 bridgehead atoms. The normalized spacial score (nSPS) is 59.0. The molecule has 0 aromatic heterocycles. The van der Waals surface area contributed by atoms with E-state index in [0.29, 0.717) is 44.6 Å². The van der Waals surface area contributed by atoms with Crippen molar-refractivity contribution in [3.63, 3.8) is 0 Å². The van der Waals surface area contributed by atoms with E-state index in [1.54, 1.807) is 0 Å². The predicted molar refractivity (Wildman–Crippen MR) is 210 cm³/mol. The summed E-state index contributed by atoms with van der Waals surface area (Å²) in [4.78, 5) is 14.6. The molecule has 62 heavy (non-hydrogen) atoms. The van der Waals surface area contributed by atoms with E-state index >= 15 is 0 Å². The average Bonchev–Trinajstić information content (AvgIpc) is 3.60. The van der Waals surface area contributed by atoms with E-state index < -0.39 is 122 Å². The van der Waals surface area contributed by atoms with Crippen LogP contribution in [0.5, 0.6) is 0 Å². The van der Waals surface area contributed by atoms with Crippen molar-refractivity contribution in [1.29, 1.82) is 0 Å². The van der Waals surface area contributed by atoms with Crippen LogP contribution in [0, 0.1) is 46.3 Å². The maximum absolute atomic E-state index is 14.6. The first-order chi connectivity index (χ1) is 29.3. The number of carbonyl (C=O) groups is 1. The van der Waals surface area contributed by atoms with Gasteiger partial charge in [-0.1, -0.05) is 27.7 Å². The third kappa shape index (κ3) is 7.03. The molecule has 0 aromatic carbocycles. The molecule has 5 heterocycles. The van der Waals surface area contributed by atoms with Crippen molar-refractivity contribution in [3.8, 4) is 0 Å². The Balaban J connectivity index is 0.938. The molecular formula is C44H70O18. The van der Waals surface area contributed by atoms with Crippen LogP contribution in [-0.4, -0.2) is 181 Å². The smallest absolute Gasteiger partial charge is 0.187 e. The van der Waals surface area contributed by atoms with Crippen molar-refractivity contribution in [2.75, 3.05) is 19.8 Å². The lowest BCUT2D eigenvalue weighted by Gasteiger charge is -2.61. The molecule has 0 radical (unpaired) electrons. The number of carbonyl (C=O) groups excluding carboxylic acids is 1. The molecule has 18 heteroatoms. The number of Topliss-reactive ketones (excluding diaryl/α,β-unsaturated/α-hetero) is 1. The van der Waals surface area contributed by atoms with Gasteiger partial charge in [0.05, 0.1) is 38.1 Å². The Kier molecular flexibility index (Phi) is 12.4. The van der Waals surface area contributed by atoms with Crippen LogP contribution in [0.2, 0.25) is 0 Å². The zero-order valence-corrected chi connectivity index (χ0v) is 36.4. The number of ether oxygens (including phenoxy) is 8. The Hall–Kier alpha value is -1.01. The fourth-order valence-corrected chi connectivity index (χ4v) is 14.0. The van der Waals surface area contributed by atoms with Gasteiger partial charge in [0.15, 0.2) is 24.7 Å². The summed E-state index contributed by atoms with van der Waals surface area (Å²) < 4.78 is 49.5. The van der Waals surface area contributed by atoms with Gasteiger partial charge >= 0.3 is 0 Å². The fourth-order valence-electron chi connectivity index (χ4n) is 14.0. The van der Waals surface area contributed by atoms with Crippen LogP contribution in [0.1, 0.15) is 92.4 Å². The number of aliphatic hydroxyl groups is 9. The minimum atomic E-state index is -1.77. The Morgan fingerprint density at radius 2 is 1.45 bits per heavy atom. The van der Waals surface area contributed by atoms with Gasteiger partial charge in [-0.05, 0) is 81.0 Å². The van der Waals surface area contributed by atoms with E-state index in [2.05, 4.69) is 27.7 Å². The highest BCUT2D eigenvalue weighted by molar-refractivity contribution is 5.83. The number of ketones is 1. The standard InChI is InChI=1S/C44H70O18/c1-18-6-11-43(56-16-18)20(3)44(54)29(62-43)14-24-22-13-26(46)25-12-21(7-9-41(25,4)23(22)8-10-42(24,44)5)58-40-37(61-39-35(53)33(51)30(48)19(2)57-39)36(32(50)28(15-45)59-40)60-38-34(52)31(49)27(47)17-55-38/h18-25,27-40,45,47-54H,6-17H2,1-5H3/t18-,19+,20-,21+,22-,23+,24+,25-,27+,28-,29+,30+,31+,32-,33-,34-,35-,36+,37-,38+,39+,40-,41-,42+,43-,44-/m1/s1. The molecule has 9 N–H and O–H groups in total. The van der Waals surface area contributed by atoms with Crippen LogP contribution >= 0.6 is 0 Å². The predicted octanol–water partition coefficient (Wildman–Crippen LogP) is -0.773. The van der Waals surface area contributed by atoms with Gasteiger partial charge in [0.1, 0.15) is 72.4 Å². The highest BCUT2D eigenvalue weighted by Gasteiger charge is 2.77. The largest absolute Gasteiger partial charge is 0.394 e. The van der Waals surface area contributed by atoms with Crippen molar-refractivity contribution in [3.05, 3.63) is 0 Å². The van der Waals surface area contributed by atoms with Gasteiger partial charge in [0.2, 0.25) is 0 Å². The molecule has 4 saturated carbocycles. The lowest BCUT2D eigenvalue weighted by Crippen LogP contribution is -2.66. The zero-order chi connectivity index (χ0) is 44.4. The second kappa shape index (κ2) is 16.6. The monoisotopic (exact) mass is 886 g/mol. The van der Waals surface area contributed by atoms with Gasteiger partial charge in [-0.2, -0.15) is 0 Å². The molecule has 18 nitrogen and oxygen atoms in total. The van der Waals surface area contributed by atoms with Crippen LogP contribution < -0.4 is 0 Å². The first-order valence-electron chi connectivity index (χ1n) is 23.1. The molecule has 354 valence electrons. The van der Waals surface area contributed by atoms with Gasteiger partial charge < -0.3 is 83.9 Å². The molecule has 1 spiro atoms. The van der Waals surface area contributed by atoms with Crippen LogP contribution in [0.25, 0.3) is 0 Å². The van der Waals surface area contributed by atoms with Crippen LogP contribution in [0.15, 0.2) is 0 Å². The Morgan fingerprint density at radius 3 is 2.16 bits per heavy atom. The molecule has 0 unspecified atom stereocenters. The minimum Gasteiger partial charge on any atom is -0.394 e. The van der Waals surface area contributed by atoms with Crippen molar-refractivity contribution in [2.45, 2.75) is 202 Å². The number of aliphatic hydroxyl groups excluding tert-OH is 8. The highest BCUT2D eigenvalue weighted by atomic mass is 16.8. The van der Waals surface area contributed by atoms with Crippen molar-refractivity contribution < 1.29 is 88.6 Å². The summed E-state index contributed by atoms with van der Waals surface area (Å²) >= 11 is 0. The minimum absolute atomic E-state index is 0.0768. The summed E-state index contributed by atoms with van der Waals surface area (Å²) in [5, 5.41) is 97.9. The quantitative estimate of drug-likeness (QED) is 0.142. The van der Waals surface area contributed by atoms with E-state index in [-0.39, 0.29) is 46.9 Å². The number of hydrogen-bond acceptors (Lipinski definition) is 18. The number of hydrogen-bond donors (Lipinski definition) is 9. The van der Waals surface area contributed by atoms with Gasteiger partial charge in [0.25, 0.3) is 0 Å². The van der Waals surface area contributed by atoms with Crippen molar-refractivity contribution >= 4 is 5.78 Å². The van der Waals surface area contributed by atoms with E-state index in [4.69, 9.17) is 37.9 Å². The summed E-state index contributed by atoms with van der Waals surface area (Å²) in [5.74, 6) is -0.389. The van der Waals surface area contributed by atoms with Crippen LogP contribution in [-0.2, 0) is 42.7 Å². The van der Waals surface area contributed by atoms with Crippen molar-refractivity contribution in [1.82, 2.24) is 0 Å². The molecule has 5 saturated heterocycles. The molecule has 5 aliphatic heterocycles. The van der Waals surface area contributed by atoms with E-state index in [9.17, 15) is 50.8 Å². The Labute approximate surface area is 362 Å². The number of fused-ring (bicyclic) bond motifs is 7.